The van der Waals surface area contributed by atoms with Crippen LogP contribution in [0.5, 0.6) is 5.75 Å². The van der Waals surface area contributed by atoms with E-state index < -0.39 is 0 Å². The third kappa shape index (κ3) is 2.55. The van der Waals surface area contributed by atoms with Crippen LogP contribution in [0.1, 0.15) is 12.8 Å². The van der Waals surface area contributed by atoms with Crippen molar-refractivity contribution in [3.05, 3.63) is 28.7 Å². The minimum atomic E-state index is -0.225. The smallest absolute Gasteiger partial charge is 0.335 e. The molecule has 1 aliphatic rings. The minimum absolute atomic E-state index is 0.109. The van der Waals surface area contributed by atoms with Crippen LogP contribution in [-0.2, 0) is 11.8 Å². The number of ether oxygens (including phenoxy) is 2. The van der Waals surface area contributed by atoms with Crippen molar-refractivity contribution in [3.63, 3.8) is 0 Å². The van der Waals surface area contributed by atoms with E-state index in [0.717, 1.165) is 18.4 Å². The van der Waals surface area contributed by atoms with Gasteiger partial charge in [-0.3, -0.25) is 9.98 Å². The zero-order chi connectivity index (χ0) is 15.7. The van der Waals surface area contributed by atoms with Crippen LogP contribution in [-0.4, -0.2) is 39.9 Å². The number of nitrogens with zero attached hydrogens (tertiary/aromatic N) is 2. The maximum atomic E-state index is 12.4. The van der Waals surface area contributed by atoms with Crippen LogP contribution in [0, 0.1) is 5.41 Å². The molecule has 1 aromatic heterocycles. The number of aryl methyl sites for hydroxylation is 1. The highest BCUT2D eigenvalue weighted by molar-refractivity contribution is 8.13. The molecule has 0 aliphatic carbocycles. The summed E-state index contributed by atoms with van der Waals surface area (Å²) in [4.78, 5) is 12.4. The first kappa shape index (κ1) is 15.2. The van der Waals surface area contributed by atoms with Crippen LogP contribution < -0.4 is 10.4 Å². The lowest BCUT2D eigenvalue weighted by Gasteiger charge is -2.23. The van der Waals surface area contributed by atoms with Gasteiger partial charge in [0.25, 0.3) is 0 Å². The molecule has 1 fully saturated rings. The summed E-state index contributed by atoms with van der Waals surface area (Å²) in [6, 6.07) is 5.59. The molecule has 1 N–H and O–H groups in total. The van der Waals surface area contributed by atoms with Gasteiger partial charge in [-0.05, 0) is 18.4 Å². The molecule has 0 amide bonds. The molecular weight excluding hydrogens is 302 g/mol. The van der Waals surface area contributed by atoms with Crippen LogP contribution in [0.15, 0.2) is 23.0 Å². The van der Waals surface area contributed by atoms with E-state index in [0.29, 0.717) is 24.5 Å². The fourth-order valence-corrected chi connectivity index (χ4v) is 3.09. The number of para-hydroxylation sites is 1. The largest absolute Gasteiger partial charge is 0.488 e. The predicted molar refractivity (Wildman–Crippen MR) is 88.3 cm³/mol. The molecule has 0 spiro atoms. The maximum absolute atomic E-state index is 12.4. The Labute approximate surface area is 132 Å². The molecule has 1 aromatic carbocycles. The number of fused-ring (bicyclic) bond motifs is 1. The highest BCUT2D eigenvalue weighted by Gasteiger charge is 2.20. The SMILES string of the molecule is CSC(=N)n1c(=O)n(C)c2c(OC3CCOCC3)cccc21. The summed E-state index contributed by atoms with van der Waals surface area (Å²) in [6.45, 7) is 1.41. The Bertz CT molecular complexity index is 759. The third-order valence-electron chi connectivity index (χ3n) is 3.89. The lowest BCUT2D eigenvalue weighted by atomic mass is 10.1. The lowest BCUT2D eigenvalue weighted by molar-refractivity contribution is 0.0260. The fourth-order valence-electron chi connectivity index (χ4n) is 2.73. The molecule has 2 heterocycles. The minimum Gasteiger partial charge on any atom is -0.488 e. The normalized spacial score (nSPS) is 16.1. The average molecular weight is 321 g/mol. The van der Waals surface area contributed by atoms with Crippen molar-refractivity contribution in [3.8, 4) is 5.75 Å². The molecule has 1 saturated heterocycles. The van der Waals surface area contributed by atoms with Gasteiger partial charge in [0, 0.05) is 19.9 Å². The van der Waals surface area contributed by atoms with Crippen molar-refractivity contribution in [2.75, 3.05) is 19.5 Å². The number of rotatable bonds is 2. The first-order valence-electron chi connectivity index (χ1n) is 7.21. The summed E-state index contributed by atoms with van der Waals surface area (Å²) in [5, 5.41) is 8.20. The molecule has 2 aromatic rings. The van der Waals surface area contributed by atoms with E-state index in [1.807, 2.05) is 18.2 Å². The van der Waals surface area contributed by atoms with Crippen LogP contribution in [0.3, 0.4) is 0 Å². The van der Waals surface area contributed by atoms with Gasteiger partial charge in [0.15, 0.2) is 5.17 Å². The second kappa shape index (κ2) is 6.18. The zero-order valence-electron chi connectivity index (χ0n) is 12.7. The summed E-state index contributed by atoms with van der Waals surface area (Å²) >= 11 is 1.24. The van der Waals surface area contributed by atoms with E-state index >= 15 is 0 Å². The van der Waals surface area contributed by atoms with E-state index in [1.54, 1.807) is 17.9 Å². The highest BCUT2D eigenvalue weighted by atomic mass is 32.2. The van der Waals surface area contributed by atoms with E-state index in [9.17, 15) is 4.79 Å². The van der Waals surface area contributed by atoms with Crippen molar-refractivity contribution in [1.29, 1.82) is 5.41 Å². The van der Waals surface area contributed by atoms with Gasteiger partial charge < -0.3 is 9.47 Å². The van der Waals surface area contributed by atoms with Gasteiger partial charge in [-0.2, -0.15) is 0 Å². The van der Waals surface area contributed by atoms with E-state index in [2.05, 4.69) is 0 Å². The van der Waals surface area contributed by atoms with Gasteiger partial charge in [0.1, 0.15) is 17.4 Å². The summed E-state index contributed by atoms with van der Waals surface area (Å²) < 4.78 is 14.4. The number of aromatic nitrogens is 2. The Hall–Kier alpha value is -1.73. The summed E-state index contributed by atoms with van der Waals surface area (Å²) in [5.41, 5.74) is 1.21. The van der Waals surface area contributed by atoms with Crippen molar-refractivity contribution >= 4 is 28.0 Å². The first-order chi connectivity index (χ1) is 10.6. The maximum Gasteiger partial charge on any atom is 0.335 e. The summed E-state index contributed by atoms with van der Waals surface area (Å²) in [6.07, 6.45) is 3.60. The molecule has 118 valence electrons. The Morgan fingerprint density at radius 1 is 1.41 bits per heavy atom. The molecule has 7 heteroatoms. The van der Waals surface area contributed by atoms with Crippen molar-refractivity contribution < 1.29 is 9.47 Å². The Morgan fingerprint density at radius 3 is 2.82 bits per heavy atom. The fraction of sp³-hybridized carbons (Fsp3) is 0.467. The number of imidazole rings is 1. The molecule has 3 rings (SSSR count). The molecule has 22 heavy (non-hydrogen) atoms. The van der Waals surface area contributed by atoms with E-state index in [-0.39, 0.29) is 17.0 Å². The second-order valence-corrected chi connectivity index (χ2v) is 6.03. The molecule has 1 aliphatic heterocycles. The van der Waals surface area contributed by atoms with Crippen LogP contribution in [0.2, 0.25) is 0 Å². The summed E-state index contributed by atoms with van der Waals surface area (Å²) in [5.74, 6) is 0.691. The van der Waals surface area contributed by atoms with Crippen molar-refractivity contribution in [1.82, 2.24) is 9.13 Å². The predicted octanol–water partition coefficient (Wildman–Crippen LogP) is 2.04. The summed E-state index contributed by atoms with van der Waals surface area (Å²) in [7, 11) is 1.71. The number of hydrogen-bond acceptors (Lipinski definition) is 5. The van der Waals surface area contributed by atoms with Gasteiger partial charge in [0.05, 0.1) is 18.7 Å². The van der Waals surface area contributed by atoms with Crippen molar-refractivity contribution in [2.45, 2.75) is 18.9 Å². The Kier molecular flexibility index (Phi) is 4.26. The molecule has 0 atom stereocenters. The van der Waals surface area contributed by atoms with Gasteiger partial charge in [-0.15, -0.1) is 0 Å². The third-order valence-corrected chi connectivity index (χ3v) is 4.46. The molecule has 0 unspecified atom stereocenters. The Morgan fingerprint density at radius 2 is 2.14 bits per heavy atom. The quantitative estimate of drug-likeness (QED) is 0.679. The average Bonchev–Trinajstić information content (AvgIpc) is 2.80. The molecule has 6 nitrogen and oxygen atoms in total. The lowest BCUT2D eigenvalue weighted by Crippen LogP contribution is -2.26. The van der Waals surface area contributed by atoms with Crippen LogP contribution in [0.4, 0.5) is 0 Å². The van der Waals surface area contributed by atoms with E-state index in [4.69, 9.17) is 14.9 Å². The van der Waals surface area contributed by atoms with Crippen LogP contribution in [0.25, 0.3) is 11.0 Å². The highest BCUT2D eigenvalue weighted by Crippen LogP contribution is 2.27. The topological polar surface area (TPSA) is 69.2 Å². The second-order valence-electron chi connectivity index (χ2n) is 5.24. The molecule has 0 radical (unpaired) electrons. The number of thioether (sulfide) groups is 1. The van der Waals surface area contributed by atoms with Gasteiger partial charge in [0.2, 0.25) is 0 Å². The van der Waals surface area contributed by atoms with Crippen LogP contribution >= 0.6 is 11.8 Å². The molecular formula is C15H19N3O3S. The number of benzene rings is 1. The van der Waals surface area contributed by atoms with Gasteiger partial charge in [-0.1, -0.05) is 17.8 Å². The zero-order valence-corrected chi connectivity index (χ0v) is 13.5. The standard InChI is InChI=1S/C15H19N3O3S/c1-17-13-11(18(15(17)19)14(16)22-2)4-3-5-12(13)21-10-6-8-20-9-7-10/h3-5,10,16H,6-9H2,1-2H3. The van der Waals surface area contributed by atoms with E-state index in [1.165, 1.54) is 16.3 Å². The number of nitrogens with one attached hydrogen (secondary N) is 1. The Balaban J connectivity index is 2.08. The molecule has 0 saturated carbocycles. The molecule has 0 bridgehead atoms. The van der Waals surface area contributed by atoms with Crippen molar-refractivity contribution in [2.24, 2.45) is 7.05 Å². The number of hydrogen-bond donors (Lipinski definition) is 1. The monoisotopic (exact) mass is 321 g/mol. The van der Waals surface area contributed by atoms with Gasteiger partial charge in [-0.25, -0.2) is 9.36 Å². The first-order valence-corrected chi connectivity index (χ1v) is 8.43. The van der Waals surface area contributed by atoms with Gasteiger partial charge >= 0.3 is 5.69 Å².